The van der Waals surface area contributed by atoms with Crippen LogP contribution in [0.3, 0.4) is 0 Å². The molecule has 4 rings (SSSR count). The van der Waals surface area contributed by atoms with E-state index in [2.05, 4.69) is 25.9 Å². The summed E-state index contributed by atoms with van der Waals surface area (Å²) in [7, 11) is 3.25. The van der Waals surface area contributed by atoms with Crippen molar-refractivity contribution in [1.82, 2.24) is 25.1 Å². The van der Waals surface area contributed by atoms with E-state index < -0.39 is 0 Å². The van der Waals surface area contributed by atoms with E-state index in [0.29, 0.717) is 48.0 Å². The Morgan fingerprint density at radius 1 is 0.912 bits per heavy atom. The normalized spacial score (nSPS) is 10.8. The lowest BCUT2D eigenvalue weighted by molar-refractivity contribution is 0.0954. The van der Waals surface area contributed by atoms with Gasteiger partial charge in [0, 0.05) is 25.1 Å². The molecule has 0 aliphatic heterocycles. The van der Waals surface area contributed by atoms with Crippen LogP contribution in [0.1, 0.15) is 27.3 Å². The van der Waals surface area contributed by atoms with Gasteiger partial charge >= 0.3 is 0 Å². The van der Waals surface area contributed by atoms with Crippen LogP contribution in [0, 0.1) is 6.92 Å². The summed E-state index contributed by atoms with van der Waals surface area (Å²) in [5, 5.41) is 19.3. The summed E-state index contributed by atoms with van der Waals surface area (Å²) in [6.45, 7) is 3.12. The van der Waals surface area contributed by atoms with Crippen LogP contribution >= 0.6 is 0 Å². The second-order valence-corrected chi connectivity index (χ2v) is 7.84. The summed E-state index contributed by atoms with van der Waals surface area (Å²) >= 11 is 0. The Kier molecular flexibility index (Phi) is 7.22. The summed E-state index contributed by atoms with van der Waals surface area (Å²) < 4.78 is 12.4. The monoisotopic (exact) mass is 460 g/mol. The molecule has 9 heteroatoms. The van der Waals surface area contributed by atoms with Gasteiger partial charge in [0.1, 0.15) is 5.82 Å². The van der Waals surface area contributed by atoms with Crippen LogP contribution in [-0.2, 0) is 12.8 Å². The highest BCUT2D eigenvalue weighted by Crippen LogP contribution is 2.27. The van der Waals surface area contributed by atoms with Crippen molar-refractivity contribution in [2.24, 2.45) is 0 Å². The van der Waals surface area contributed by atoms with Crippen LogP contribution < -0.4 is 20.1 Å². The molecule has 0 aliphatic carbocycles. The predicted octanol–water partition coefficient (Wildman–Crippen LogP) is 3.08. The standard InChI is InChI=1S/C25H28N6O3/c1-17-4-7-19(8-5-17)25(32)27-15-13-24-29-28-23-11-10-22(30-31(23)24)26-14-12-18-6-9-20(33-2)21(16-18)34-3/h4-11,16H,12-15H2,1-3H3,(H,26,30)(H,27,32). The van der Waals surface area contributed by atoms with E-state index >= 15 is 0 Å². The first-order chi connectivity index (χ1) is 16.6. The number of carbonyl (C=O) groups is 1. The SMILES string of the molecule is COc1ccc(CCNc2ccc3nnc(CCNC(=O)c4ccc(C)cc4)n3n2)cc1OC. The molecule has 2 aromatic carbocycles. The highest BCUT2D eigenvalue weighted by molar-refractivity contribution is 5.94. The zero-order valence-electron chi connectivity index (χ0n) is 19.5. The minimum absolute atomic E-state index is 0.112. The summed E-state index contributed by atoms with van der Waals surface area (Å²) in [6, 6.07) is 17.1. The van der Waals surface area contributed by atoms with Crippen molar-refractivity contribution in [3.05, 3.63) is 77.1 Å². The predicted molar refractivity (Wildman–Crippen MR) is 130 cm³/mol. The molecule has 0 saturated heterocycles. The van der Waals surface area contributed by atoms with Gasteiger partial charge in [0.25, 0.3) is 5.91 Å². The molecule has 176 valence electrons. The minimum Gasteiger partial charge on any atom is -0.493 e. The van der Waals surface area contributed by atoms with Crippen molar-refractivity contribution in [2.75, 3.05) is 32.6 Å². The third kappa shape index (κ3) is 5.43. The molecule has 0 aliphatic rings. The Balaban J connectivity index is 1.33. The van der Waals surface area contributed by atoms with E-state index in [1.54, 1.807) is 18.7 Å². The molecule has 0 fully saturated rings. The molecule has 0 atom stereocenters. The van der Waals surface area contributed by atoms with E-state index in [-0.39, 0.29) is 5.91 Å². The topological polar surface area (TPSA) is 103 Å². The molecular weight excluding hydrogens is 432 g/mol. The van der Waals surface area contributed by atoms with E-state index in [1.807, 2.05) is 61.5 Å². The number of nitrogens with zero attached hydrogens (tertiary/aromatic N) is 4. The number of methoxy groups -OCH3 is 2. The first-order valence-corrected chi connectivity index (χ1v) is 11.1. The average Bonchev–Trinajstić information content (AvgIpc) is 3.26. The first kappa shape index (κ1) is 23.0. The first-order valence-electron chi connectivity index (χ1n) is 11.1. The van der Waals surface area contributed by atoms with E-state index in [1.165, 1.54) is 0 Å². The smallest absolute Gasteiger partial charge is 0.251 e. The lowest BCUT2D eigenvalue weighted by Crippen LogP contribution is -2.26. The molecule has 0 saturated carbocycles. The third-order valence-corrected chi connectivity index (χ3v) is 5.44. The Labute approximate surface area is 198 Å². The highest BCUT2D eigenvalue weighted by atomic mass is 16.5. The van der Waals surface area contributed by atoms with Gasteiger partial charge in [0.2, 0.25) is 0 Å². The number of nitrogens with one attached hydrogen (secondary N) is 2. The third-order valence-electron chi connectivity index (χ3n) is 5.44. The molecule has 0 radical (unpaired) electrons. The largest absolute Gasteiger partial charge is 0.493 e. The van der Waals surface area contributed by atoms with Crippen LogP contribution in [0.4, 0.5) is 5.82 Å². The maximum Gasteiger partial charge on any atom is 0.251 e. The number of aryl methyl sites for hydroxylation is 1. The summed E-state index contributed by atoms with van der Waals surface area (Å²) in [6.07, 6.45) is 1.31. The maximum atomic E-state index is 12.3. The molecule has 0 unspecified atom stereocenters. The van der Waals surface area contributed by atoms with Crippen LogP contribution in [0.5, 0.6) is 11.5 Å². The van der Waals surface area contributed by atoms with Gasteiger partial charge in [-0.2, -0.15) is 4.52 Å². The van der Waals surface area contributed by atoms with Gasteiger partial charge in [-0.05, 0) is 55.3 Å². The number of amides is 1. The molecule has 34 heavy (non-hydrogen) atoms. The van der Waals surface area contributed by atoms with Gasteiger partial charge in [0.05, 0.1) is 14.2 Å². The molecule has 1 amide bonds. The fourth-order valence-corrected chi connectivity index (χ4v) is 3.55. The van der Waals surface area contributed by atoms with Gasteiger partial charge < -0.3 is 20.1 Å². The summed E-state index contributed by atoms with van der Waals surface area (Å²) in [4.78, 5) is 12.3. The van der Waals surface area contributed by atoms with Crippen molar-refractivity contribution in [3.63, 3.8) is 0 Å². The van der Waals surface area contributed by atoms with Gasteiger partial charge in [-0.25, -0.2) is 0 Å². The molecule has 2 heterocycles. The minimum atomic E-state index is -0.112. The van der Waals surface area contributed by atoms with E-state index in [0.717, 1.165) is 23.4 Å². The fraction of sp³-hybridized carbons (Fsp3) is 0.280. The number of fused-ring (bicyclic) bond motifs is 1. The number of rotatable bonds is 10. The van der Waals surface area contributed by atoms with Crippen molar-refractivity contribution in [2.45, 2.75) is 19.8 Å². The van der Waals surface area contributed by atoms with Gasteiger partial charge in [0.15, 0.2) is 23.0 Å². The number of ether oxygens (including phenoxy) is 2. The number of benzene rings is 2. The molecule has 0 spiro atoms. The molecule has 9 nitrogen and oxygen atoms in total. The van der Waals surface area contributed by atoms with Crippen molar-refractivity contribution in [3.8, 4) is 11.5 Å². The Morgan fingerprint density at radius 3 is 2.47 bits per heavy atom. The van der Waals surface area contributed by atoms with Crippen LogP contribution in [-0.4, -0.2) is 53.0 Å². The van der Waals surface area contributed by atoms with Crippen molar-refractivity contribution in [1.29, 1.82) is 0 Å². The van der Waals surface area contributed by atoms with E-state index in [9.17, 15) is 4.79 Å². The van der Waals surface area contributed by atoms with Gasteiger partial charge in [-0.1, -0.05) is 23.8 Å². The zero-order chi connectivity index (χ0) is 23.9. The second-order valence-electron chi connectivity index (χ2n) is 7.84. The number of anilines is 1. The lowest BCUT2D eigenvalue weighted by atomic mass is 10.1. The summed E-state index contributed by atoms with van der Waals surface area (Å²) in [5.41, 5.74) is 3.53. The number of hydrogen-bond donors (Lipinski definition) is 2. The number of aromatic nitrogens is 4. The Morgan fingerprint density at radius 2 is 1.71 bits per heavy atom. The van der Waals surface area contributed by atoms with Gasteiger partial charge in [-0.15, -0.1) is 15.3 Å². The average molecular weight is 461 g/mol. The Hall–Kier alpha value is -4.14. The van der Waals surface area contributed by atoms with Gasteiger partial charge in [-0.3, -0.25) is 4.79 Å². The second kappa shape index (κ2) is 10.7. The highest BCUT2D eigenvalue weighted by Gasteiger charge is 2.10. The molecule has 0 bridgehead atoms. The van der Waals surface area contributed by atoms with E-state index in [4.69, 9.17) is 9.47 Å². The quantitative estimate of drug-likeness (QED) is 0.375. The zero-order valence-corrected chi connectivity index (χ0v) is 19.5. The van der Waals surface area contributed by atoms with Crippen molar-refractivity contribution < 1.29 is 14.3 Å². The van der Waals surface area contributed by atoms with Crippen LogP contribution in [0.2, 0.25) is 0 Å². The number of hydrogen-bond acceptors (Lipinski definition) is 7. The Bertz CT molecular complexity index is 1270. The number of carbonyl (C=O) groups excluding carboxylic acids is 1. The van der Waals surface area contributed by atoms with Crippen LogP contribution in [0.25, 0.3) is 5.65 Å². The van der Waals surface area contributed by atoms with Crippen molar-refractivity contribution >= 4 is 17.4 Å². The molecule has 2 aromatic heterocycles. The summed E-state index contributed by atoms with van der Waals surface area (Å²) in [5.74, 6) is 2.71. The molecular formula is C25H28N6O3. The molecule has 4 aromatic rings. The molecule has 2 N–H and O–H groups in total. The maximum absolute atomic E-state index is 12.3. The van der Waals surface area contributed by atoms with Crippen LogP contribution in [0.15, 0.2) is 54.6 Å². The fourth-order valence-electron chi connectivity index (χ4n) is 3.55. The lowest BCUT2D eigenvalue weighted by Gasteiger charge is -2.10.